The van der Waals surface area contributed by atoms with Crippen molar-refractivity contribution in [3.05, 3.63) is 89.5 Å². The van der Waals surface area contributed by atoms with E-state index in [-0.39, 0.29) is 12.1 Å². The molecule has 2 atom stereocenters. The van der Waals surface area contributed by atoms with E-state index >= 15 is 0 Å². The Labute approximate surface area is 226 Å². The highest BCUT2D eigenvalue weighted by Crippen LogP contribution is 2.37. The number of ether oxygens (including phenoxy) is 1. The predicted molar refractivity (Wildman–Crippen MR) is 143 cm³/mol. The fraction of sp³-hybridized carbons (Fsp3) is 0.345. The van der Waals surface area contributed by atoms with E-state index in [0.717, 1.165) is 16.3 Å². The lowest BCUT2D eigenvalue weighted by Crippen LogP contribution is -2.41. The number of alkyl halides is 3. The summed E-state index contributed by atoms with van der Waals surface area (Å²) in [6.45, 7) is 7.15. The highest BCUT2D eigenvalue weighted by Gasteiger charge is 2.49. The van der Waals surface area contributed by atoms with Crippen LogP contribution in [0.5, 0.6) is 0 Å². The van der Waals surface area contributed by atoms with Crippen molar-refractivity contribution >= 4 is 32.7 Å². The van der Waals surface area contributed by atoms with Gasteiger partial charge in [-0.3, -0.25) is 0 Å². The second kappa shape index (κ2) is 10.6. The van der Waals surface area contributed by atoms with Crippen molar-refractivity contribution in [2.24, 2.45) is 5.92 Å². The Hall–Kier alpha value is -3.53. The molecule has 1 unspecified atom stereocenters. The van der Waals surface area contributed by atoms with E-state index in [1.54, 1.807) is 39.0 Å². The summed E-state index contributed by atoms with van der Waals surface area (Å²) in [5, 5.41) is 1.94. The third-order valence-electron chi connectivity index (χ3n) is 6.44. The number of hydrogen-bond acceptors (Lipinski definition) is 5. The molecule has 1 aliphatic carbocycles. The fourth-order valence-electron chi connectivity index (χ4n) is 4.69. The van der Waals surface area contributed by atoms with Gasteiger partial charge in [0.05, 0.1) is 6.04 Å². The largest absolute Gasteiger partial charge is 0.534 e. The molecule has 0 aliphatic heterocycles. The van der Waals surface area contributed by atoms with Crippen LogP contribution in [0.1, 0.15) is 50.4 Å². The topological polar surface area (TPSA) is 72.9 Å². The van der Waals surface area contributed by atoms with Crippen molar-refractivity contribution in [1.82, 2.24) is 4.90 Å². The lowest BCUT2D eigenvalue weighted by molar-refractivity contribution is -0.0509. The monoisotopic (exact) mass is 561 g/mol. The smallest absolute Gasteiger partial charge is 0.444 e. The minimum absolute atomic E-state index is 0.0482. The Morgan fingerprint density at radius 3 is 2.33 bits per heavy atom. The number of rotatable bonds is 6. The Balaban J connectivity index is 1.74. The number of halogens is 3. The summed E-state index contributed by atoms with van der Waals surface area (Å²) >= 11 is 0. The van der Waals surface area contributed by atoms with Crippen LogP contribution in [-0.2, 0) is 25.5 Å². The van der Waals surface area contributed by atoms with E-state index in [2.05, 4.69) is 4.18 Å². The van der Waals surface area contributed by atoms with E-state index in [4.69, 9.17) is 4.74 Å². The van der Waals surface area contributed by atoms with E-state index in [9.17, 15) is 26.4 Å². The second-order valence-electron chi connectivity index (χ2n) is 10.5. The van der Waals surface area contributed by atoms with Gasteiger partial charge < -0.3 is 13.8 Å². The molecule has 1 amide bonds. The van der Waals surface area contributed by atoms with Crippen LogP contribution in [0.25, 0.3) is 16.5 Å². The van der Waals surface area contributed by atoms with Gasteiger partial charge in [-0.05, 0) is 62.1 Å². The molecule has 0 saturated heterocycles. The summed E-state index contributed by atoms with van der Waals surface area (Å²) in [4.78, 5) is 15.0. The average Bonchev–Trinajstić information content (AvgIpc) is 2.84. The molecule has 208 valence electrons. The molecule has 0 fully saturated rings. The summed E-state index contributed by atoms with van der Waals surface area (Å²) in [6, 6.07) is 19.6. The lowest BCUT2D eigenvalue weighted by Gasteiger charge is -2.35. The van der Waals surface area contributed by atoms with E-state index in [0.29, 0.717) is 12.0 Å². The third-order valence-corrected chi connectivity index (χ3v) is 7.40. The van der Waals surface area contributed by atoms with Crippen LogP contribution < -0.4 is 0 Å². The van der Waals surface area contributed by atoms with Crippen LogP contribution in [0.2, 0.25) is 0 Å². The van der Waals surface area contributed by atoms with Gasteiger partial charge in [-0.2, -0.15) is 21.6 Å². The van der Waals surface area contributed by atoms with Crippen molar-refractivity contribution in [3.8, 4) is 0 Å². The van der Waals surface area contributed by atoms with E-state index < -0.39 is 45.0 Å². The van der Waals surface area contributed by atoms with Crippen molar-refractivity contribution in [2.45, 2.75) is 51.3 Å². The fourth-order valence-corrected chi connectivity index (χ4v) is 5.16. The minimum atomic E-state index is -5.89. The van der Waals surface area contributed by atoms with E-state index in [1.807, 2.05) is 49.4 Å². The van der Waals surface area contributed by atoms with Crippen LogP contribution in [0.15, 0.2) is 72.8 Å². The molecule has 0 heterocycles. The van der Waals surface area contributed by atoms with Gasteiger partial charge >= 0.3 is 21.7 Å². The first-order valence-corrected chi connectivity index (χ1v) is 13.9. The van der Waals surface area contributed by atoms with Crippen molar-refractivity contribution in [3.63, 3.8) is 0 Å². The normalized spacial score (nSPS) is 16.7. The Morgan fingerprint density at radius 1 is 1.00 bits per heavy atom. The number of amides is 1. The average molecular weight is 562 g/mol. The van der Waals surface area contributed by atoms with Gasteiger partial charge in [0.2, 0.25) is 0 Å². The lowest BCUT2D eigenvalue weighted by atomic mass is 9.87. The maximum atomic E-state index is 13.5. The zero-order chi connectivity index (χ0) is 28.6. The minimum Gasteiger partial charge on any atom is -0.444 e. The van der Waals surface area contributed by atoms with Crippen LogP contribution >= 0.6 is 0 Å². The molecule has 0 bridgehead atoms. The summed E-state index contributed by atoms with van der Waals surface area (Å²) in [5.41, 5.74) is -4.64. The van der Waals surface area contributed by atoms with Crippen molar-refractivity contribution in [1.29, 1.82) is 0 Å². The zero-order valence-corrected chi connectivity index (χ0v) is 22.8. The molecule has 0 spiro atoms. The number of carbonyl (C=O) groups excluding carboxylic acids is 1. The maximum Gasteiger partial charge on any atom is 0.534 e. The molecule has 0 radical (unpaired) electrons. The van der Waals surface area contributed by atoms with Gasteiger partial charge in [0.15, 0.2) is 0 Å². The molecule has 0 aromatic heterocycles. The predicted octanol–water partition coefficient (Wildman–Crippen LogP) is 7.22. The van der Waals surface area contributed by atoms with Gasteiger partial charge in [-0.15, -0.1) is 0 Å². The first kappa shape index (κ1) is 28.5. The number of carbonyl (C=O) groups is 1. The first-order valence-electron chi connectivity index (χ1n) is 12.4. The molecule has 0 saturated carbocycles. The number of nitrogens with zero attached hydrogens (tertiary/aromatic N) is 1. The summed E-state index contributed by atoms with van der Waals surface area (Å²) in [5.74, 6) is -0.968. The second-order valence-corrected chi connectivity index (χ2v) is 12.1. The summed E-state index contributed by atoms with van der Waals surface area (Å²) in [7, 11) is -5.89. The Kier molecular flexibility index (Phi) is 7.71. The van der Waals surface area contributed by atoms with Crippen LogP contribution in [0.3, 0.4) is 0 Å². The first-order chi connectivity index (χ1) is 18.2. The van der Waals surface area contributed by atoms with Crippen LogP contribution in [0.4, 0.5) is 18.0 Å². The van der Waals surface area contributed by atoms with Gasteiger partial charge in [-0.25, -0.2) is 4.79 Å². The van der Waals surface area contributed by atoms with Gasteiger partial charge in [-0.1, -0.05) is 66.7 Å². The number of fused-ring (bicyclic) bond motifs is 2. The molecule has 4 rings (SSSR count). The van der Waals surface area contributed by atoms with Crippen molar-refractivity contribution < 1.29 is 35.3 Å². The van der Waals surface area contributed by atoms with Crippen LogP contribution in [-0.4, -0.2) is 37.1 Å². The molecule has 39 heavy (non-hydrogen) atoms. The molecule has 6 nitrogen and oxygen atoms in total. The summed E-state index contributed by atoms with van der Waals surface area (Å²) in [6.07, 6.45) is 1.11. The van der Waals surface area contributed by atoms with Gasteiger partial charge in [0, 0.05) is 18.0 Å². The molecule has 1 aliphatic rings. The standard InChI is InChI=1S/C29H30F3NO5S/c1-19(23-15-9-12-21-10-5-7-13-24(21)23)33(27(34)37-28(2,3)4)18-20-16-22-11-6-8-14-25(22)26(17-20)38-39(35,36)29(30,31)32/h5-15,17,19-20H,16,18H2,1-4H3/t19-,20?/m1/s1. The molecule has 3 aromatic rings. The zero-order valence-electron chi connectivity index (χ0n) is 22.0. The molecule has 10 heteroatoms. The highest BCUT2D eigenvalue weighted by molar-refractivity contribution is 7.87. The van der Waals surface area contributed by atoms with Gasteiger partial charge in [0.25, 0.3) is 0 Å². The SMILES string of the molecule is C[C@H](c1cccc2ccccc12)N(CC1C=C(OS(=O)(=O)C(F)(F)F)c2ccccc2C1)C(=O)OC(C)(C)C. The molecular weight excluding hydrogens is 531 g/mol. The van der Waals surface area contributed by atoms with Gasteiger partial charge in [0.1, 0.15) is 11.4 Å². The number of hydrogen-bond donors (Lipinski definition) is 0. The highest BCUT2D eigenvalue weighted by atomic mass is 32.2. The molecular formula is C29H30F3NO5S. The van der Waals surface area contributed by atoms with Crippen molar-refractivity contribution in [2.75, 3.05) is 6.54 Å². The quantitative estimate of drug-likeness (QED) is 0.235. The summed E-state index contributed by atoms with van der Waals surface area (Å²) < 4.78 is 73.5. The number of benzene rings is 3. The van der Waals surface area contributed by atoms with Crippen LogP contribution in [0, 0.1) is 5.92 Å². The Bertz CT molecular complexity index is 1500. The third kappa shape index (κ3) is 6.38. The maximum absolute atomic E-state index is 13.5. The Morgan fingerprint density at radius 2 is 1.64 bits per heavy atom. The van der Waals surface area contributed by atoms with E-state index in [1.165, 1.54) is 17.0 Å². The molecule has 3 aromatic carbocycles. The molecule has 0 N–H and O–H groups in total.